The molecule has 2 aliphatic heterocycles. The van der Waals surface area contributed by atoms with Crippen LogP contribution in [0.2, 0.25) is 0 Å². The van der Waals surface area contributed by atoms with E-state index >= 15 is 0 Å². The third-order valence-electron chi connectivity index (χ3n) is 6.21. The molecule has 0 spiro atoms. The molecular formula is C17H24N4O2. The van der Waals surface area contributed by atoms with Crippen LogP contribution in [0, 0.1) is 5.41 Å². The molecule has 3 aliphatic rings. The second kappa shape index (κ2) is 5.08. The SMILES string of the molecule is CC(=O)N1[C@@H]2CN(C(=O)Cn3cccn3)[C@@H]3CCC[C@H]1[C@]3(C)C2. The predicted molar refractivity (Wildman–Crippen MR) is 84.4 cm³/mol. The summed E-state index contributed by atoms with van der Waals surface area (Å²) >= 11 is 0. The quantitative estimate of drug-likeness (QED) is 0.826. The summed E-state index contributed by atoms with van der Waals surface area (Å²) in [6, 6.07) is 2.57. The lowest BCUT2D eigenvalue weighted by atomic mass is 9.66. The van der Waals surface area contributed by atoms with Crippen LogP contribution in [-0.4, -0.2) is 56.1 Å². The van der Waals surface area contributed by atoms with Crippen LogP contribution in [0.15, 0.2) is 18.5 Å². The Balaban J connectivity index is 1.63. The van der Waals surface area contributed by atoms with Gasteiger partial charge in [0.05, 0.1) is 6.04 Å². The van der Waals surface area contributed by atoms with Crippen LogP contribution in [-0.2, 0) is 16.1 Å². The van der Waals surface area contributed by atoms with Crippen molar-refractivity contribution in [3.05, 3.63) is 18.5 Å². The number of fused-ring (bicyclic) bond motifs is 1. The molecule has 23 heavy (non-hydrogen) atoms. The number of piperidine rings is 1. The Morgan fingerprint density at radius 1 is 1.30 bits per heavy atom. The Kier molecular flexibility index (Phi) is 3.25. The van der Waals surface area contributed by atoms with Crippen molar-refractivity contribution in [1.29, 1.82) is 0 Å². The fourth-order valence-electron chi connectivity index (χ4n) is 5.37. The molecule has 3 fully saturated rings. The third kappa shape index (κ3) is 2.11. The molecule has 3 heterocycles. The molecule has 2 saturated heterocycles. The highest BCUT2D eigenvalue weighted by Crippen LogP contribution is 2.54. The van der Waals surface area contributed by atoms with Gasteiger partial charge in [-0.1, -0.05) is 6.92 Å². The van der Waals surface area contributed by atoms with Crippen LogP contribution < -0.4 is 0 Å². The summed E-state index contributed by atoms with van der Waals surface area (Å²) < 4.78 is 1.68. The van der Waals surface area contributed by atoms with E-state index in [-0.39, 0.29) is 35.9 Å². The highest BCUT2D eigenvalue weighted by atomic mass is 16.2. The highest BCUT2D eigenvalue weighted by molar-refractivity contribution is 5.78. The maximum absolute atomic E-state index is 12.9. The number of carbonyl (C=O) groups excluding carboxylic acids is 2. The second-order valence-corrected chi connectivity index (χ2v) is 7.50. The van der Waals surface area contributed by atoms with Gasteiger partial charge in [0.2, 0.25) is 11.8 Å². The topological polar surface area (TPSA) is 58.4 Å². The first-order valence-electron chi connectivity index (χ1n) is 8.56. The molecule has 1 aromatic heterocycles. The third-order valence-corrected chi connectivity index (χ3v) is 6.21. The largest absolute Gasteiger partial charge is 0.335 e. The highest BCUT2D eigenvalue weighted by Gasteiger charge is 2.61. The van der Waals surface area contributed by atoms with E-state index in [0.29, 0.717) is 12.6 Å². The Hall–Kier alpha value is -1.85. The smallest absolute Gasteiger partial charge is 0.244 e. The van der Waals surface area contributed by atoms with Crippen LogP contribution >= 0.6 is 0 Å². The average Bonchev–Trinajstić information content (AvgIpc) is 3.09. The maximum atomic E-state index is 12.9. The lowest BCUT2D eigenvalue weighted by Gasteiger charge is -2.49. The molecule has 4 rings (SSSR count). The van der Waals surface area contributed by atoms with Gasteiger partial charge in [-0.05, 0) is 31.7 Å². The molecule has 0 unspecified atom stereocenters. The monoisotopic (exact) mass is 316 g/mol. The summed E-state index contributed by atoms with van der Waals surface area (Å²) in [6.07, 6.45) is 7.77. The lowest BCUT2D eigenvalue weighted by molar-refractivity contribution is -0.140. The molecule has 0 aromatic carbocycles. The summed E-state index contributed by atoms with van der Waals surface area (Å²) in [6.45, 7) is 4.92. The van der Waals surface area contributed by atoms with E-state index in [4.69, 9.17) is 0 Å². The number of hydrogen-bond acceptors (Lipinski definition) is 3. The summed E-state index contributed by atoms with van der Waals surface area (Å²) in [7, 11) is 0. The number of amides is 2. The molecule has 124 valence electrons. The Labute approximate surface area is 136 Å². The molecule has 2 amide bonds. The molecule has 6 heteroatoms. The second-order valence-electron chi connectivity index (χ2n) is 7.50. The molecule has 0 N–H and O–H groups in total. The molecule has 1 saturated carbocycles. The number of hydrogen-bond donors (Lipinski definition) is 0. The van der Waals surface area contributed by atoms with Crippen molar-refractivity contribution in [2.45, 2.75) is 64.2 Å². The van der Waals surface area contributed by atoms with E-state index in [1.807, 2.05) is 17.2 Å². The summed E-state index contributed by atoms with van der Waals surface area (Å²) in [5.41, 5.74) is 0.0482. The summed E-state index contributed by atoms with van der Waals surface area (Å²) in [4.78, 5) is 29.2. The van der Waals surface area contributed by atoms with Crippen molar-refractivity contribution in [2.24, 2.45) is 5.41 Å². The summed E-state index contributed by atoms with van der Waals surface area (Å²) in [5, 5.41) is 4.15. The normalized spacial score (nSPS) is 35.5. The lowest BCUT2D eigenvalue weighted by Crippen LogP contribution is -2.58. The fraction of sp³-hybridized carbons (Fsp3) is 0.706. The van der Waals surface area contributed by atoms with Gasteiger partial charge in [0.25, 0.3) is 0 Å². The van der Waals surface area contributed by atoms with Crippen molar-refractivity contribution >= 4 is 11.8 Å². The van der Waals surface area contributed by atoms with Crippen molar-refractivity contribution in [3.8, 4) is 0 Å². The maximum Gasteiger partial charge on any atom is 0.244 e. The molecule has 2 bridgehead atoms. The zero-order chi connectivity index (χ0) is 16.2. The first kappa shape index (κ1) is 14.7. The van der Waals surface area contributed by atoms with Gasteiger partial charge in [0, 0.05) is 43.4 Å². The Bertz CT molecular complexity index is 629. The molecule has 1 aromatic rings. The van der Waals surface area contributed by atoms with Gasteiger partial charge in [-0.15, -0.1) is 0 Å². The molecule has 1 aliphatic carbocycles. The number of aromatic nitrogens is 2. The number of rotatable bonds is 2. The molecule has 0 radical (unpaired) electrons. The van der Waals surface area contributed by atoms with Crippen LogP contribution in [0.4, 0.5) is 0 Å². The fourth-order valence-corrected chi connectivity index (χ4v) is 5.37. The van der Waals surface area contributed by atoms with E-state index in [1.165, 1.54) is 0 Å². The Morgan fingerprint density at radius 2 is 2.09 bits per heavy atom. The zero-order valence-electron chi connectivity index (χ0n) is 13.8. The van der Waals surface area contributed by atoms with E-state index in [1.54, 1.807) is 17.8 Å². The minimum atomic E-state index is 0.0482. The van der Waals surface area contributed by atoms with E-state index < -0.39 is 0 Å². The van der Waals surface area contributed by atoms with Crippen LogP contribution in [0.3, 0.4) is 0 Å². The zero-order valence-corrected chi connectivity index (χ0v) is 13.8. The average molecular weight is 316 g/mol. The minimum absolute atomic E-state index is 0.0482. The van der Waals surface area contributed by atoms with Gasteiger partial charge >= 0.3 is 0 Å². The van der Waals surface area contributed by atoms with Gasteiger partial charge in [0.15, 0.2) is 0 Å². The van der Waals surface area contributed by atoms with Crippen LogP contribution in [0.1, 0.15) is 39.5 Å². The first-order valence-corrected chi connectivity index (χ1v) is 8.56. The standard InChI is InChI=1S/C17H24N4O2/c1-12(22)21-13-9-17(2)14(5-3-6-15(17)21)20(10-13)16(23)11-19-8-4-7-18-19/h4,7-8,13-15H,3,5-6,9-11H2,1-2H3/t13-,14+,15-,17+/m0/s1. The first-order chi connectivity index (χ1) is 11.0. The van der Waals surface area contributed by atoms with Crippen molar-refractivity contribution < 1.29 is 9.59 Å². The van der Waals surface area contributed by atoms with E-state index in [2.05, 4.69) is 16.9 Å². The minimum Gasteiger partial charge on any atom is -0.335 e. The molecular weight excluding hydrogens is 292 g/mol. The van der Waals surface area contributed by atoms with Gasteiger partial charge < -0.3 is 9.80 Å². The number of carbonyl (C=O) groups is 2. The molecule has 4 atom stereocenters. The van der Waals surface area contributed by atoms with Gasteiger partial charge in [-0.3, -0.25) is 14.3 Å². The number of likely N-dealkylation sites (tertiary alicyclic amines) is 2. The summed E-state index contributed by atoms with van der Waals surface area (Å²) in [5.74, 6) is 0.284. The van der Waals surface area contributed by atoms with Crippen molar-refractivity contribution in [3.63, 3.8) is 0 Å². The molecule has 6 nitrogen and oxygen atoms in total. The van der Waals surface area contributed by atoms with Crippen molar-refractivity contribution in [1.82, 2.24) is 19.6 Å². The van der Waals surface area contributed by atoms with Crippen LogP contribution in [0.25, 0.3) is 0 Å². The van der Waals surface area contributed by atoms with Gasteiger partial charge in [0.1, 0.15) is 6.54 Å². The van der Waals surface area contributed by atoms with Crippen molar-refractivity contribution in [2.75, 3.05) is 6.54 Å². The number of nitrogens with zero attached hydrogens (tertiary/aromatic N) is 4. The van der Waals surface area contributed by atoms with E-state index in [0.717, 1.165) is 25.7 Å². The van der Waals surface area contributed by atoms with Gasteiger partial charge in [-0.25, -0.2) is 0 Å². The van der Waals surface area contributed by atoms with Gasteiger partial charge in [-0.2, -0.15) is 5.10 Å². The predicted octanol–water partition coefficient (Wildman–Crippen LogP) is 1.27. The van der Waals surface area contributed by atoms with Crippen LogP contribution in [0.5, 0.6) is 0 Å². The Morgan fingerprint density at radius 3 is 2.78 bits per heavy atom. The van der Waals surface area contributed by atoms with E-state index in [9.17, 15) is 9.59 Å².